The molecule has 3 heteroatoms. The molecule has 1 aliphatic rings. The predicted molar refractivity (Wildman–Crippen MR) is 90.5 cm³/mol. The number of nitrogens with two attached hydrogens (primary N) is 1. The Morgan fingerprint density at radius 2 is 2.00 bits per heavy atom. The number of aryl methyl sites for hydroxylation is 1. The lowest BCUT2D eigenvalue weighted by atomic mass is 10.0. The molecule has 118 valence electrons. The maximum Gasteiger partial charge on any atom is 0.0424 e. The summed E-state index contributed by atoms with van der Waals surface area (Å²) in [6.45, 7) is 5.53. The molecule has 1 heterocycles. The van der Waals surface area contributed by atoms with Crippen LogP contribution < -0.4 is 5.73 Å². The molecule has 3 nitrogen and oxygen atoms in total. The number of hydrogen-bond donors (Lipinski definition) is 1. The van der Waals surface area contributed by atoms with Gasteiger partial charge in [0.15, 0.2) is 0 Å². The van der Waals surface area contributed by atoms with Crippen LogP contribution in [0.5, 0.6) is 0 Å². The van der Waals surface area contributed by atoms with E-state index in [1.165, 1.54) is 36.9 Å². The number of likely N-dealkylation sites (N-methyl/N-ethyl adjacent to an activating group) is 1. The summed E-state index contributed by atoms with van der Waals surface area (Å²) in [6, 6.07) is 9.70. The second-order valence-corrected chi connectivity index (χ2v) is 6.65. The zero-order valence-electron chi connectivity index (χ0n) is 13.9. The summed E-state index contributed by atoms with van der Waals surface area (Å²) in [6.07, 6.45) is 4.97. The van der Waals surface area contributed by atoms with Crippen molar-refractivity contribution in [2.45, 2.75) is 44.7 Å². The van der Waals surface area contributed by atoms with E-state index in [1.54, 1.807) is 0 Å². The van der Waals surface area contributed by atoms with Gasteiger partial charge in [-0.1, -0.05) is 37.6 Å². The maximum absolute atomic E-state index is 6.44. The molecule has 0 amide bonds. The third kappa shape index (κ3) is 4.80. The molecule has 0 radical (unpaired) electrons. The monoisotopic (exact) mass is 289 g/mol. The normalized spacial score (nSPS) is 21.1. The Bertz CT molecular complexity index is 413. The van der Waals surface area contributed by atoms with E-state index in [-0.39, 0.29) is 6.04 Å². The second-order valence-electron chi connectivity index (χ2n) is 6.65. The van der Waals surface area contributed by atoms with Gasteiger partial charge in [0.2, 0.25) is 0 Å². The van der Waals surface area contributed by atoms with Crippen molar-refractivity contribution in [2.75, 3.05) is 33.7 Å². The zero-order chi connectivity index (χ0) is 15.2. The van der Waals surface area contributed by atoms with Gasteiger partial charge in [0.05, 0.1) is 0 Å². The van der Waals surface area contributed by atoms with Crippen molar-refractivity contribution in [3.8, 4) is 0 Å². The summed E-state index contributed by atoms with van der Waals surface area (Å²) >= 11 is 0. The summed E-state index contributed by atoms with van der Waals surface area (Å²) in [7, 11) is 4.31. The number of nitrogens with zero attached hydrogens (tertiary/aromatic N) is 2. The van der Waals surface area contributed by atoms with Gasteiger partial charge in [0, 0.05) is 25.2 Å². The third-order valence-corrected chi connectivity index (χ3v) is 4.45. The zero-order valence-corrected chi connectivity index (χ0v) is 13.9. The van der Waals surface area contributed by atoms with Gasteiger partial charge in [-0.3, -0.25) is 4.90 Å². The fourth-order valence-electron chi connectivity index (χ4n) is 3.34. The van der Waals surface area contributed by atoms with Gasteiger partial charge >= 0.3 is 0 Å². The van der Waals surface area contributed by atoms with E-state index in [4.69, 9.17) is 5.73 Å². The third-order valence-electron chi connectivity index (χ3n) is 4.45. The molecule has 21 heavy (non-hydrogen) atoms. The Balaban J connectivity index is 1.92. The van der Waals surface area contributed by atoms with Crippen LogP contribution in [0.3, 0.4) is 0 Å². The fraction of sp³-hybridized carbons (Fsp3) is 0.667. The van der Waals surface area contributed by atoms with Crippen LogP contribution in [0.25, 0.3) is 0 Å². The minimum Gasteiger partial charge on any atom is -0.323 e. The van der Waals surface area contributed by atoms with E-state index < -0.39 is 0 Å². The first-order valence-electron chi connectivity index (χ1n) is 8.33. The highest BCUT2D eigenvalue weighted by Crippen LogP contribution is 2.21. The van der Waals surface area contributed by atoms with Crippen molar-refractivity contribution in [3.05, 3.63) is 35.4 Å². The van der Waals surface area contributed by atoms with Crippen LogP contribution in [0, 0.1) is 0 Å². The first kappa shape index (κ1) is 16.5. The van der Waals surface area contributed by atoms with Gasteiger partial charge in [-0.25, -0.2) is 0 Å². The Morgan fingerprint density at radius 1 is 1.29 bits per heavy atom. The average Bonchev–Trinajstić information content (AvgIpc) is 2.86. The summed E-state index contributed by atoms with van der Waals surface area (Å²) in [5.41, 5.74) is 9.12. The van der Waals surface area contributed by atoms with Crippen molar-refractivity contribution in [1.82, 2.24) is 9.80 Å². The highest BCUT2D eigenvalue weighted by atomic mass is 15.2. The molecule has 1 aromatic carbocycles. The van der Waals surface area contributed by atoms with E-state index >= 15 is 0 Å². The molecule has 1 fully saturated rings. The number of hydrogen-bond acceptors (Lipinski definition) is 3. The van der Waals surface area contributed by atoms with E-state index in [9.17, 15) is 0 Å². The maximum atomic E-state index is 6.44. The molecule has 0 aliphatic carbocycles. The Hall–Kier alpha value is -0.900. The van der Waals surface area contributed by atoms with Crippen LogP contribution in [0.4, 0.5) is 0 Å². The molecule has 2 unspecified atom stereocenters. The largest absolute Gasteiger partial charge is 0.323 e. The fourth-order valence-corrected chi connectivity index (χ4v) is 3.34. The smallest absolute Gasteiger partial charge is 0.0424 e. The molecule has 2 rings (SSSR count). The summed E-state index contributed by atoms with van der Waals surface area (Å²) in [4.78, 5) is 4.86. The van der Waals surface area contributed by atoms with Crippen molar-refractivity contribution >= 4 is 0 Å². The van der Waals surface area contributed by atoms with Crippen LogP contribution >= 0.6 is 0 Å². The van der Waals surface area contributed by atoms with Gasteiger partial charge in [-0.15, -0.1) is 0 Å². The van der Waals surface area contributed by atoms with E-state index in [0.29, 0.717) is 6.04 Å². The van der Waals surface area contributed by atoms with Crippen molar-refractivity contribution in [2.24, 2.45) is 5.73 Å². The number of benzene rings is 1. The number of likely N-dealkylation sites (tertiary alicyclic amines) is 1. The van der Waals surface area contributed by atoms with Gasteiger partial charge in [-0.2, -0.15) is 0 Å². The van der Waals surface area contributed by atoms with E-state index in [2.05, 4.69) is 55.1 Å². The first-order chi connectivity index (χ1) is 10.1. The predicted octanol–water partition coefficient (Wildman–Crippen LogP) is 2.66. The quantitative estimate of drug-likeness (QED) is 0.837. The van der Waals surface area contributed by atoms with Gasteiger partial charge in [0.1, 0.15) is 0 Å². The summed E-state index contributed by atoms with van der Waals surface area (Å²) in [5.74, 6) is 0. The lowest BCUT2D eigenvalue weighted by Gasteiger charge is -2.29. The Labute approximate surface area is 130 Å². The van der Waals surface area contributed by atoms with Crippen LogP contribution in [-0.4, -0.2) is 49.6 Å². The Kier molecular flexibility index (Phi) is 6.22. The molecule has 0 bridgehead atoms. The minimum absolute atomic E-state index is 0.128. The minimum atomic E-state index is 0.128. The molecular formula is C18H31N3. The summed E-state index contributed by atoms with van der Waals surface area (Å²) < 4.78 is 0. The summed E-state index contributed by atoms with van der Waals surface area (Å²) in [5, 5.41) is 0. The van der Waals surface area contributed by atoms with Crippen molar-refractivity contribution < 1.29 is 0 Å². The van der Waals surface area contributed by atoms with Crippen LogP contribution in [-0.2, 0) is 6.42 Å². The second kappa shape index (κ2) is 7.92. The molecule has 0 spiro atoms. The molecule has 2 N–H and O–H groups in total. The number of rotatable bonds is 7. The van der Waals surface area contributed by atoms with E-state index in [1.807, 2.05) is 0 Å². The van der Waals surface area contributed by atoms with Crippen LogP contribution in [0.2, 0.25) is 0 Å². The lowest BCUT2D eigenvalue weighted by molar-refractivity contribution is 0.198. The standard InChI is InChI=1S/C18H31N3/c1-4-6-15-8-10-16(11-9-15)18(19)14-21-12-5-7-17(21)13-20(2)3/h8-11,17-18H,4-7,12-14,19H2,1-3H3. The van der Waals surface area contributed by atoms with Crippen molar-refractivity contribution in [1.29, 1.82) is 0 Å². The molecular weight excluding hydrogens is 258 g/mol. The van der Waals surface area contributed by atoms with Crippen molar-refractivity contribution in [3.63, 3.8) is 0 Å². The van der Waals surface area contributed by atoms with Gasteiger partial charge in [-0.05, 0) is 51.0 Å². The molecule has 1 aliphatic heterocycles. The van der Waals surface area contributed by atoms with Gasteiger partial charge in [0.25, 0.3) is 0 Å². The highest BCUT2D eigenvalue weighted by Gasteiger charge is 2.26. The first-order valence-corrected chi connectivity index (χ1v) is 8.33. The molecule has 1 saturated heterocycles. The molecule has 1 aromatic rings. The molecule has 2 atom stereocenters. The molecule has 0 aromatic heterocycles. The average molecular weight is 289 g/mol. The van der Waals surface area contributed by atoms with E-state index in [0.717, 1.165) is 19.5 Å². The van der Waals surface area contributed by atoms with Gasteiger partial charge < -0.3 is 10.6 Å². The molecule has 0 saturated carbocycles. The Morgan fingerprint density at radius 3 is 2.62 bits per heavy atom. The van der Waals surface area contributed by atoms with Crippen LogP contribution in [0.1, 0.15) is 43.4 Å². The SMILES string of the molecule is CCCc1ccc(C(N)CN2CCCC2CN(C)C)cc1. The highest BCUT2D eigenvalue weighted by molar-refractivity contribution is 5.25. The van der Waals surface area contributed by atoms with Crippen LogP contribution in [0.15, 0.2) is 24.3 Å². The topological polar surface area (TPSA) is 32.5 Å². The lowest BCUT2D eigenvalue weighted by Crippen LogP contribution is -2.41.